The van der Waals surface area contributed by atoms with Gasteiger partial charge in [-0.05, 0) is 32.4 Å². The Bertz CT molecular complexity index is 182. The highest BCUT2D eigenvalue weighted by Crippen LogP contribution is 2.18. The Kier molecular flexibility index (Phi) is 4.94. The molecule has 0 aromatic heterocycles. The third-order valence-electron chi connectivity index (χ3n) is 2.89. The second kappa shape index (κ2) is 6.02. The zero-order valence-corrected chi connectivity index (χ0v) is 9.29. The summed E-state index contributed by atoms with van der Waals surface area (Å²) in [5.74, 6) is -0.0548. The topological polar surface area (TPSA) is 29.5 Å². The van der Waals surface area contributed by atoms with Gasteiger partial charge in [-0.3, -0.25) is 9.69 Å². The fourth-order valence-corrected chi connectivity index (χ4v) is 2.02. The molecule has 0 radical (unpaired) electrons. The monoisotopic (exact) mass is 199 g/mol. The first-order valence-corrected chi connectivity index (χ1v) is 5.61. The first kappa shape index (κ1) is 11.5. The molecule has 3 nitrogen and oxygen atoms in total. The van der Waals surface area contributed by atoms with Crippen LogP contribution in [0.3, 0.4) is 0 Å². The lowest BCUT2D eigenvalue weighted by atomic mass is 10.0. The minimum Gasteiger partial charge on any atom is -0.468 e. The van der Waals surface area contributed by atoms with Crippen LogP contribution in [0.2, 0.25) is 0 Å². The van der Waals surface area contributed by atoms with Gasteiger partial charge in [-0.2, -0.15) is 0 Å². The summed E-state index contributed by atoms with van der Waals surface area (Å²) in [5.41, 5.74) is 0. The maximum Gasteiger partial charge on any atom is 0.323 e. The van der Waals surface area contributed by atoms with Crippen molar-refractivity contribution in [3.05, 3.63) is 0 Å². The van der Waals surface area contributed by atoms with E-state index in [0.717, 1.165) is 25.9 Å². The van der Waals surface area contributed by atoms with E-state index in [4.69, 9.17) is 4.74 Å². The molecule has 82 valence electrons. The van der Waals surface area contributed by atoms with Crippen LogP contribution in [-0.2, 0) is 9.53 Å². The number of rotatable bonds is 4. The molecule has 0 spiro atoms. The van der Waals surface area contributed by atoms with Crippen LogP contribution in [0.25, 0.3) is 0 Å². The van der Waals surface area contributed by atoms with E-state index in [9.17, 15) is 4.79 Å². The van der Waals surface area contributed by atoms with Gasteiger partial charge in [0, 0.05) is 0 Å². The number of likely N-dealkylation sites (tertiary alicyclic amines) is 1. The lowest BCUT2D eigenvalue weighted by Gasteiger charge is -2.33. The van der Waals surface area contributed by atoms with Crippen LogP contribution in [0.1, 0.15) is 39.0 Å². The summed E-state index contributed by atoms with van der Waals surface area (Å²) in [4.78, 5) is 13.8. The Labute approximate surface area is 86.4 Å². The highest BCUT2D eigenvalue weighted by Gasteiger charge is 2.28. The van der Waals surface area contributed by atoms with Gasteiger partial charge in [-0.1, -0.05) is 19.8 Å². The number of hydrogen-bond acceptors (Lipinski definition) is 3. The molecule has 0 bridgehead atoms. The predicted molar refractivity (Wildman–Crippen MR) is 56.1 cm³/mol. The van der Waals surface area contributed by atoms with Gasteiger partial charge in [-0.25, -0.2) is 0 Å². The Balaban J connectivity index is 2.45. The number of ether oxygens (including phenoxy) is 1. The smallest absolute Gasteiger partial charge is 0.323 e. The summed E-state index contributed by atoms with van der Waals surface area (Å²) in [5, 5.41) is 0. The van der Waals surface area contributed by atoms with E-state index in [1.807, 2.05) is 0 Å². The molecule has 1 rings (SSSR count). The van der Waals surface area contributed by atoms with Crippen molar-refractivity contribution in [3.63, 3.8) is 0 Å². The van der Waals surface area contributed by atoms with Gasteiger partial charge < -0.3 is 4.74 Å². The lowest BCUT2D eigenvalue weighted by Crippen LogP contribution is -2.45. The molecular formula is C11H21NO2. The van der Waals surface area contributed by atoms with Crippen LogP contribution >= 0.6 is 0 Å². The van der Waals surface area contributed by atoms with E-state index in [0.29, 0.717) is 0 Å². The molecule has 0 saturated carbocycles. The number of esters is 1. The van der Waals surface area contributed by atoms with Gasteiger partial charge in [0.25, 0.3) is 0 Å². The Morgan fingerprint density at radius 2 is 2.29 bits per heavy atom. The van der Waals surface area contributed by atoms with E-state index in [1.54, 1.807) is 0 Å². The molecule has 1 saturated heterocycles. The number of piperidine rings is 1. The van der Waals surface area contributed by atoms with Crippen LogP contribution in [0, 0.1) is 0 Å². The van der Waals surface area contributed by atoms with Gasteiger partial charge in [-0.15, -0.1) is 0 Å². The van der Waals surface area contributed by atoms with Crippen molar-refractivity contribution >= 4 is 5.97 Å². The number of carbonyl (C=O) groups excluding carboxylic acids is 1. The highest BCUT2D eigenvalue weighted by molar-refractivity contribution is 5.75. The third kappa shape index (κ3) is 2.98. The highest BCUT2D eigenvalue weighted by atomic mass is 16.5. The van der Waals surface area contributed by atoms with Gasteiger partial charge >= 0.3 is 5.97 Å². The van der Waals surface area contributed by atoms with E-state index in [-0.39, 0.29) is 12.0 Å². The first-order valence-electron chi connectivity index (χ1n) is 5.61. The van der Waals surface area contributed by atoms with Crippen molar-refractivity contribution in [3.8, 4) is 0 Å². The summed E-state index contributed by atoms with van der Waals surface area (Å²) in [6.07, 6.45) is 5.70. The van der Waals surface area contributed by atoms with Crippen molar-refractivity contribution < 1.29 is 9.53 Å². The average molecular weight is 199 g/mol. The van der Waals surface area contributed by atoms with Crippen molar-refractivity contribution in [2.75, 3.05) is 20.2 Å². The fourth-order valence-electron chi connectivity index (χ4n) is 2.02. The van der Waals surface area contributed by atoms with Gasteiger partial charge in [0.2, 0.25) is 0 Å². The van der Waals surface area contributed by atoms with Crippen molar-refractivity contribution in [1.82, 2.24) is 4.90 Å². The van der Waals surface area contributed by atoms with E-state index in [1.165, 1.54) is 26.4 Å². The molecule has 1 fully saturated rings. The van der Waals surface area contributed by atoms with Crippen molar-refractivity contribution in [2.24, 2.45) is 0 Å². The third-order valence-corrected chi connectivity index (χ3v) is 2.89. The second-order valence-electron chi connectivity index (χ2n) is 3.92. The van der Waals surface area contributed by atoms with Gasteiger partial charge in [0.1, 0.15) is 6.04 Å². The molecule has 0 aliphatic carbocycles. The summed E-state index contributed by atoms with van der Waals surface area (Å²) < 4.78 is 4.82. The summed E-state index contributed by atoms with van der Waals surface area (Å²) in [6.45, 7) is 4.27. The molecule has 0 N–H and O–H groups in total. The Morgan fingerprint density at radius 1 is 1.50 bits per heavy atom. The number of nitrogens with zero attached hydrogens (tertiary/aromatic N) is 1. The maximum absolute atomic E-state index is 11.5. The zero-order chi connectivity index (χ0) is 10.4. The SMILES string of the molecule is CCCCN1CCCCC1C(=O)OC. The van der Waals surface area contributed by atoms with E-state index in [2.05, 4.69) is 11.8 Å². The van der Waals surface area contributed by atoms with Crippen molar-refractivity contribution in [1.29, 1.82) is 0 Å². The molecule has 3 heteroatoms. The average Bonchev–Trinajstić information content (AvgIpc) is 2.25. The maximum atomic E-state index is 11.5. The summed E-state index contributed by atoms with van der Waals surface area (Å²) in [7, 11) is 1.48. The van der Waals surface area contributed by atoms with Crippen LogP contribution < -0.4 is 0 Å². The van der Waals surface area contributed by atoms with Crippen molar-refractivity contribution in [2.45, 2.75) is 45.1 Å². The van der Waals surface area contributed by atoms with Crippen LogP contribution in [0.15, 0.2) is 0 Å². The molecule has 0 aromatic carbocycles. The summed E-state index contributed by atoms with van der Waals surface area (Å²) >= 11 is 0. The molecule has 1 unspecified atom stereocenters. The van der Waals surface area contributed by atoms with Crippen LogP contribution in [0.5, 0.6) is 0 Å². The lowest BCUT2D eigenvalue weighted by molar-refractivity contribution is -0.148. The van der Waals surface area contributed by atoms with E-state index < -0.39 is 0 Å². The number of hydrogen-bond donors (Lipinski definition) is 0. The van der Waals surface area contributed by atoms with Gasteiger partial charge in [0.15, 0.2) is 0 Å². The molecule has 1 aliphatic rings. The fraction of sp³-hybridized carbons (Fsp3) is 0.909. The largest absolute Gasteiger partial charge is 0.468 e. The number of methoxy groups -OCH3 is 1. The first-order chi connectivity index (χ1) is 6.79. The molecule has 0 amide bonds. The molecule has 1 aliphatic heterocycles. The minimum absolute atomic E-state index is 0.0281. The standard InChI is InChI=1S/C11H21NO2/c1-3-4-8-12-9-6-5-7-10(12)11(13)14-2/h10H,3-9H2,1-2H3. The molecule has 0 aromatic rings. The molecular weight excluding hydrogens is 178 g/mol. The minimum atomic E-state index is -0.0548. The molecule has 1 heterocycles. The predicted octanol–water partition coefficient (Wildman–Crippen LogP) is 1.81. The number of carbonyl (C=O) groups is 1. The Hall–Kier alpha value is -0.570. The quantitative estimate of drug-likeness (QED) is 0.647. The Morgan fingerprint density at radius 3 is 2.93 bits per heavy atom. The van der Waals surface area contributed by atoms with Crippen LogP contribution in [-0.4, -0.2) is 37.1 Å². The molecule has 1 atom stereocenters. The van der Waals surface area contributed by atoms with Gasteiger partial charge in [0.05, 0.1) is 7.11 Å². The molecule has 14 heavy (non-hydrogen) atoms. The second-order valence-corrected chi connectivity index (χ2v) is 3.92. The normalized spacial score (nSPS) is 23.4. The van der Waals surface area contributed by atoms with Crippen LogP contribution in [0.4, 0.5) is 0 Å². The summed E-state index contributed by atoms with van der Waals surface area (Å²) in [6, 6.07) is 0.0281. The van der Waals surface area contributed by atoms with E-state index >= 15 is 0 Å². The number of unbranched alkanes of at least 4 members (excludes halogenated alkanes) is 1. The zero-order valence-electron chi connectivity index (χ0n) is 9.29.